The van der Waals surface area contributed by atoms with E-state index >= 15 is 0 Å². The van der Waals surface area contributed by atoms with E-state index in [0.717, 1.165) is 30.8 Å². The third-order valence-corrected chi connectivity index (χ3v) is 2.94. The molecule has 18 heavy (non-hydrogen) atoms. The summed E-state index contributed by atoms with van der Waals surface area (Å²) in [4.78, 5) is 0. The van der Waals surface area contributed by atoms with Crippen LogP contribution in [0.4, 0.5) is 4.39 Å². The molecule has 1 aliphatic rings. The largest absolute Gasteiger partial charge is 0.472 e. The molecular formula is C13H14FN3O. The molecule has 1 saturated heterocycles. The zero-order valence-corrected chi connectivity index (χ0v) is 9.84. The monoisotopic (exact) mass is 247 g/mol. The topological polar surface area (TPSA) is 39.1 Å². The standard InChI is InChI=1S/C13H14FN3O/c14-10-3-5-11(6-4-10)17-9-12(8-16-17)18-13-2-1-7-15-13/h3-6,8-9,13,15H,1-2,7H2. The summed E-state index contributed by atoms with van der Waals surface area (Å²) in [5.41, 5.74) is 0.811. The fraction of sp³-hybridized carbons (Fsp3) is 0.308. The maximum atomic E-state index is 12.8. The predicted molar refractivity (Wildman–Crippen MR) is 65.2 cm³/mol. The van der Waals surface area contributed by atoms with Crippen LogP contribution < -0.4 is 10.1 Å². The third kappa shape index (κ3) is 2.36. The van der Waals surface area contributed by atoms with Crippen molar-refractivity contribution in [1.29, 1.82) is 0 Å². The number of aromatic nitrogens is 2. The van der Waals surface area contributed by atoms with Crippen molar-refractivity contribution in [2.24, 2.45) is 0 Å². The van der Waals surface area contributed by atoms with Crippen LogP contribution in [0.3, 0.4) is 0 Å². The van der Waals surface area contributed by atoms with Crippen molar-refractivity contribution in [1.82, 2.24) is 15.1 Å². The van der Waals surface area contributed by atoms with Crippen molar-refractivity contribution >= 4 is 0 Å². The Hall–Kier alpha value is -1.88. The molecule has 0 aliphatic carbocycles. The quantitative estimate of drug-likeness (QED) is 0.902. The predicted octanol–water partition coefficient (Wildman–Crippen LogP) is 2.10. The molecule has 94 valence electrons. The Bertz CT molecular complexity index is 517. The minimum Gasteiger partial charge on any atom is -0.472 e. The van der Waals surface area contributed by atoms with E-state index in [4.69, 9.17) is 4.74 Å². The van der Waals surface area contributed by atoms with Crippen LogP contribution in [0.5, 0.6) is 5.75 Å². The number of ether oxygens (including phenoxy) is 1. The van der Waals surface area contributed by atoms with E-state index in [0.29, 0.717) is 0 Å². The molecule has 1 unspecified atom stereocenters. The van der Waals surface area contributed by atoms with Crippen molar-refractivity contribution < 1.29 is 9.13 Å². The Labute approximate surface area is 104 Å². The van der Waals surface area contributed by atoms with Crippen LogP contribution >= 0.6 is 0 Å². The highest BCUT2D eigenvalue weighted by molar-refractivity contribution is 5.32. The van der Waals surface area contributed by atoms with E-state index in [1.54, 1.807) is 29.2 Å². The Morgan fingerprint density at radius 3 is 2.89 bits per heavy atom. The zero-order valence-electron chi connectivity index (χ0n) is 9.84. The maximum Gasteiger partial charge on any atom is 0.160 e. The molecule has 1 fully saturated rings. The van der Waals surface area contributed by atoms with Gasteiger partial charge >= 0.3 is 0 Å². The van der Waals surface area contributed by atoms with Crippen molar-refractivity contribution in [3.05, 3.63) is 42.5 Å². The van der Waals surface area contributed by atoms with E-state index in [-0.39, 0.29) is 12.0 Å². The summed E-state index contributed by atoms with van der Waals surface area (Å²) in [6.45, 7) is 0.997. The fourth-order valence-corrected chi connectivity index (χ4v) is 2.02. The first-order valence-corrected chi connectivity index (χ1v) is 6.02. The number of nitrogens with one attached hydrogen (secondary N) is 1. The number of nitrogens with zero attached hydrogens (tertiary/aromatic N) is 2. The Balaban J connectivity index is 1.74. The molecule has 2 heterocycles. The number of benzene rings is 1. The van der Waals surface area contributed by atoms with Crippen LogP contribution in [0.2, 0.25) is 0 Å². The first-order valence-electron chi connectivity index (χ1n) is 6.02. The molecule has 4 nitrogen and oxygen atoms in total. The normalized spacial score (nSPS) is 19.1. The van der Waals surface area contributed by atoms with Crippen LogP contribution in [-0.2, 0) is 0 Å². The lowest BCUT2D eigenvalue weighted by Crippen LogP contribution is -2.27. The second-order valence-electron chi connectivity index (χ2n) is 4.30. The van der Waals surface area contributed by atoms with E-state index in [9.17, 15) is 4.39 Å². The second kappa shape index (κ2) is 4.78. The van der Waals surface area contributed by atoms with Gasteiger partial charge in [0.05, 0.1) is 18.1 Å². The van der Waals surface area contributed by atoms with Crippen LogP contribution in [0.15, 0.2) is 36.7 Å². The molecule has 1 aromatic heterocycles. The molecule has 1 N–H and O–H groups in total. The summed E-state index contributed by atoms with van der Waals surface area (Å²) in [5.74, 6) is 0.469. The van der Waals surface area contributed by atoms with E-state index in [2.05, 4.69) is 10.4 Å². The lowest BCUT2D eigenvalue weighted by atomic mass is 10.3. The van der Waals surface area contributed by atoms with Gasteiger partial charge in [0.15, 0.2) is 5.75 Å². The number of hydrogen-bond donors (Lipinski definition) is 1. The maximum absolute atomic E-state index is 12.8. The van der Waals surface area contributed by atoms with Crippen molar-refractivity contribution in [2.45, 2.75) is 19.1 Å². The molecule has 0 amide bonds. The first-order chi connectivity index (χ1) is 8.81. The number of rotatable bonds is 3. The molecule has 5 heteroatoms. The van der Waals surface area contributed by atoms with Gasteiger partial charge in [-0.25, -0.2) is 9.07 Å². The highest BCUT2D eigenvalue weighted by Gasteiger charge is 2.16. The van der Waals surface area contributed by atoms with Gasteiger partial charge in [-0.1, -0.05) is 0 Å². The summed E-state index contributed by atoms with van der Waals surface area (Å²) in [6, 6.07) is 6.19. The van der Waals surface area contributed by atoms with E-state index in [1.165, 1.54) is 12.1 Å². The van der Waals surface area contributed by atoms with Crippen molar-refractivity contribution in [3.8, 4) is 11.4 Å². The number of halogens is 1. The molecule has 1 atom stereocenters. The smallest absolute Gasteiger partial charge is 0.160 e. The lowest BCUT2D eigenvalue weighted by Gasteiger charge is -2.10. The molecule has 1 aromatic carbocycles. The van der Waals surface area contributed by atoms with Gasteiger partial charge in [0.2, 0.25) is 0 Å². The van der Waals surface area contributed by atoms with E-state index < -0.39 is 0 Å². The summed E-state index contributed by atoms with van der Waals surface area (Å²) in [7, 11) is 0. The minimum atomic E-state index is -0.252. The van der Waals surface area contributed by atoms with Crippen LogP contribution in [-0.4, -0.2) is 22.6 Å². The molecule has 0 spiro atoms. The van der Waals surface area contributed by atoms with E-state index in [1.807, 2.05) is 0 Å². The Kier molecular flexibility index (Phi) is 2.98. The minimum absolute atomic E-state index is 0.0795. The molecule has 0 saturated carbocycles. The average molecular weight is 247 g/mol. The molecule has 0 bridgehead atoms. The van der Waals surface area contributed by atoms with Gasteiger partial charge in [-0.2, -0.15) is 5.10 Å². The van der Waals surface area contributed by atoms with Crippen molar-refractivity contribution in [2.75, 3.05) is 6.54 Å². The molecule has 3 rings (SSSR count). The zero-order chi connectivity index (χ0) is 12.4. The summed E-state index contributed by atoms with van der Waals surface area (Å²) < 4.78 is 20.2. The Morgan fingerprint density at radius 2 is 2.17 bits per heavy atom. The van der Waals surface area contributed by atoms with Crippen molar-refractivity contribution in [3.63, 3.8) is 0 Å². The summed E-state index contributed by atoms with van der Waals surface area (Å²) >= 11 is 0. The first kappa shape index (κ1) is 11.2. The molecule has 2 aromatic rings. The highest BCUT2D eigenvalue weighted by atomic mass is 19.1. The Morgan fingerprint density at radius 1 is 1.33 bits per heavy atom. The summed E-state index contributed by atoms with van der Waals surface area (Å²) in [5, 5.41) is 7.45. The van der Waals surface area contributed by atoms with Gasteiger partial charge in [0.1, 0.15) is 12.0 Å². The second-order valence-corrected chi connectivity index (χ2v) is 4.30. The van der Waals surface area contributed by atoms with Gasteiger partial charge in [-0.15, -0.1) is 0 Å². The van der Waals surface area contributed by atoms with Gasteiger partial charge in [-0.3, -0.25) is 5.32 Å². The molecular weight excluding hydrogens is 233 g/mol. The lowest BCUT2D eigenvalue weighted by molar-refractivity contribution is 0.187. The highest BCUT2D eigenvalue weighted by Crippen LogP contribution is 2.17. The molecule has 0 radical (unpaired) electrons. The average Bonchev–Trinajstić information content (AvgIpc) is 3.02. The van der Waals surface area contributed by atoms with Gasteiger partial charge in [0, 0.05) is 0 Å². The van der Waals surface area contributed by atoms with Gasteiger partial charge < -0.3 is 4.74 Å². The van der Waals surface area contributed by atoms with Gasteiger partial charge in [-0.05, 0) is 43.7 Å². The molecule has 1 aliphatic heterocycles. The SMILES string of the molecule is Fc1ccc(-n2cc(OC3CCCN3)cn2)cc1. The summed E-state index contributed by atoms with van der Waals surface area (Å²) in [6.07, 6.45) is 5.70. The third-order valence-electron chi connectivity index (χ3n) is 2.94. The fourth-order valence-electron chi connectivity index (χ4n) is 2.02. The van der Waals surface area contributed by atoms with Crippen LogP contribution in [0, 0.1) is 5.82 Å². The van der Waals surface area contributed by atoms with Crippen LogP contribution in [0.1, 0.15) is 12.8 Å². The van der Waals surface area contributed by atoms with Crippen LogP contribution in [0.25, 0.3) is 5.69 Å². The van der Waals surface area contributed by atoms with Gasteiger partial charge in [0.25, 0.3) is 0 Å². The number of hydrogen-bond acceptors (Lipinski definition) is 3.